The summed E-state index contributed by atoms with van der Waals surface area (Å²) in [6, 6.07) is 29.7. The van der Waals surface area contributed by atoms with E-state index in [0.29, 0.717) is 26.2 Å². The van der Waals surface area contributed by atoms with E-state index in [0.717, 1.165) is 23.1 Å². The summed E-state index contributed by atoms with van der Waals surface area (Å²) < 4.78 is 19.2. The molecule has 0 radical (unpaired) electrons. The summed E-state index contributed by atoms with van der Waals surface area (Å²) in [5, 5.41) is 4.18. The summed E-state index contributed by atoms with van der Waals surface area (Å²) >= 11 is 0. The largest absolute Gasteiger partial charge is 0.376 e. The quantitative estimate of drug-likeness (QED) is 0.0314. The number of allylic oxidation sites excluding steroid dienone is 1. The van der Waals surface area contributed by atoms with E-state index in [1.165, 1.54) is 57.8 Å². The Bertz CT molecular complexity index is 1200. The second kappa shape index (κ2) is 23.9. The van der Waals surface area contributed by atoms with Crippen LogP contribution in [-0.2, 0) is 34.0 Å². The van der Waals surface area contributed by atoms with Crippen LogP contribution in [0.5, 0.6) is 0 Å². The van der Waals surface area contributed by atoms with Crippen molar-refractivity contribution in [2.75, 3.05) is 6.61 Å². The third-order valence-electron chi connectivity index (χ3n) is 7.95. The molecule has 3 aromatic rings. The summed E-state index contributed by atoms with van der Waals surface area (Å²) in [5.74, 6) is 0. The fourth-order valence-electron chi connectivity index (χ4n) is 5.36. The Morgan fingerprint density at radius 1 is 0.644 bits per heavy atom. The van der Waals surface area contributed by atoms with Gasteiger partial charge in [-0.1, -0.05) is 167 Å². The van der Waals surface area contributed by atoms with Gasteiger partial charge in [-0.15, -0.1) is 0 Å². The van der Waals surface area contributed by atoms with Crippen LogP contribution in [0, 0.1) is 0 Å². The summed E-state index contributed by atoms with van der Waals surface area (Å²) in [6.45, 7) is 3.75. The molecule has 3 atom stereocenters. The topological polar surface area (TPSA) is 76.5 Å². The van der Waals surface area contributed by atoms with Crippen molar-refractivity contribution in [3.8, 4) is 0 Å². The fourth-order valence-corrected chi connectivity index (χ4v) is 5.36. The Labute approximate surface area is 271 Å². The monoisotopic (exact) mass is 611 g/mol. The van der Waals surface area contributed by atoms with E-state index in [1.54, 1.807) is 0 Å². The lowest BCUT2D eigenvalue weighted by atomic mass is 10.0. The van der Waals surface area contributed by atoms with Crippen LogP contribution in [0.2, 0.25) is 0 Å². The van der Waals surface area contributed by atoms with E-state index in [-0.39, 0.29) is 12.7 Å². The Morgan fingerprint density at radius 3 is 1.71 bits per heavy atom. The predicted molar refractivity (Wildman–Crippen MR) is 185 cm³/mol. The SMILES string of the molecule is CCCCCCCCCCCC=CC[C@@H](OCc1ccccc1)[C@@H](OCc1ccccc1)[C@H](COCc1ccccc1)N=[N+]=[N-]. The predicted octanol–water partition coefficient (Wildman–Crippen LogP) is 10.9. The molecular weight excluding hydrogens is 558 g/mol. The average Bonchev–Trinajstić information content (AvgIpc) is 3.08. The zero-order valence-corrected chi connectivity index (χ0v) is 27.2. The second-order valence-corrected chi connectivity index (χ2v) is 11.7. The molecule has 3 rings (SSSR count). The van der Waals surface area contributed by atoms with Gasteiger partial charge in [0.2, 0.25) is 0 Å². The van der Waals surface area contributed by atoms with Crippen molar-refractivity contribution >= 4 is 0 Å². The van der Waals surface area contributed by atoms with Crippen LogP contribution in [0.3, 0.4) is 0 Å². The van der Waals surface area contributed by atoms with Crippen molar-refractivity contribution in [1.29, 1.82) is 0 Å². The number of hydrogen-bond acceptors (Lipinski definition) is 4. The van der Waals surface area contributed by atoms with Crippen molar-refractivity contribution in [1.82, 2.24) is 0 Å². The first-order valence-corrected chi connectivity index (χ1v) is 16.9. The smallest absolute Gasteiger partial charge is 0.0951 e. The Balaban J connectivity index is 1.66. The lowest BCUT2D eigenvalue weighted by molar-refractivity contribution is -0.103. The van der Waals surface area contributed by atoms with Crippen LogP contribution in [0.1, 0.15) is 94.2 Å². The molecule has 3 aromatic carbocycles. The molecule has 0 aromatic heterocycles. The number of rotatable bonds is 25. The van der Waals surface area contributed by atoms with E-state index >= 15 is 0 Å². The molecule has 0 aliphatic rings. The van der Waals surface area contributed by atoms with E-state index in [9.17, 15) is 5.53 Å². The fraction of sp³-hybridized carbons (Fsp3) is 0.487. The van der Waals surface area contributed by atoms with E-state index < -0.39 is 12.1 Å². The highest BCUT2D eigenvalue weighted by Gasteiger charge is 2.31. The molecule has 0 bridgehead atoms. The van der Waals surface area contributed by atoms with Crippen LogP contribution < -0.4 is 0 Å². The molecule has 0 aliphatic carbocycles. The molecule has 0 amide bonds. The van der Waals surface area contributed by atoms with Crippen molar-refractivity contribution in [2.45, 2.75) is 116 Å². The molecule has 0 heterocycles. The maximum Gasteiger partial charge on any atom is 0.0951 e. The van der Waals surface area contributed by atoms with Gasteiger partial charge in [0.25, 0.3) is 0 Å². The van der Waals surface area contributed by atoms with Gasteiger partial charge in [0.1, 0.15) is 0 Å². The van der Waals surface area contributed by atoms with E-state index in [1.807, 2.05) is 78.9 Å². The van der Waals surface area contributed by atoms with Gasteiger partial charge >= 0.3 is 0 Å². The van der Waals surface area contributed by atoms with Crippen LogP contribution in [0.15, 0.2) is 108 Å². The Kier molecular flexibility index (Phi) is 19.2. The normalized spacial score (nSPS) is 13.4. The third-order valence-corrected chi connectivity index (χ3v) is 7.95. The number of unbranched alkanes of at least 4 members (excludes halogenated alkanes) is 9. The van der Waals surface area contributed by atoms with Gasteiger partial charge in [0, 0.05) is 4.91 Å². The Hall–Kier alpha value is -3.41. The summed E-state index contributed by atoms with van der Waals surface area (Å²) in [7, 11) is 0. The molecule has 45 heavy (non-hydrogen) atoms. The first-order chi connectivity index (χ1) is 22.3. The zero-order valence-electron chi connectivity index (χ0n) is 27.2. The van der Waals surface area contributed by atoms with Gasteiger partial charge in [0.15, 0.2) is 0 Å². The van der Waals surface area contributed by atoms with Crippen molar-refractivity contribution in [2.24, 2.45) is 5.11 Å². The number of ether oxygens (including phenoxy) is 3. The lowest BCUT2D eigenvalue weighted by Crippen LogP contribution is -2.42. The highest BCUT2D eigenvalue weighted by molar-refractivity contribution is 5.15. The maximum atomic E-state index is 9.56. The van der Waals surface area contributed by atoms with Gasteiger partial charge in [0.05, 0.1) is 44.7 Å². The highest BCUT2D eigenvalue weighted by atomic mass is 16.5. The van der Waals surface area contributed by atoms with Crippen molar-refractivity contribution in [3.05, 3.63) is 130 Å². The van der Waals surface area contributed by atoms with Crippen LogP contribution in [0.4, 0.5) is 0 Å². The third kappa shape index (κ3) is 15.9. The molecule has 242 valence electrons. The number of hydrogen-bond donors (Lipinski definition) is 0. The van der Waals surface area contributed by atoms with Gasteiger partial charge in [-0.25, -0.2) is 0 Å². The van der Waals surface area contributed by atoms with Gasteiger partial charge < -0.3 is 14.2 Å². The standard InChI is InChI=1S/C39H53N3O3/c1-2-3-4-5-6-7-8-9-10-11-12-22-29-38(44-31-35-25-18-14-19-26-35)39(45-32-36-27-20-15-21-28-36)37(41-42-40)33-43-30-34-23-16-13-17-24-34/h12-28,37-39H,2-11,29-33H2,1H3/t37-,38+,39-/m0/s1. The number of azide groups is 1. The van der Waals surface area contributed by atoms with Gasteiger partial charge in [-0.2, -0.15) is 0 Å². The minimum Gasteiger partial charge on any atom is -0.376 e. The minimum atomic E-state index is -0.561. The summed E-state index contributed by atoms with van der Waals surface area (Å²) in [5.41, 5.74) is 12.8. The van der Waals surface area contributed by atoms with Gasteiger partial charge in [-0.3, -0.25) is 0 Å². The zero-order chi connectivity index (χ0) is 31.6. The molecule has 0 spiro atoms. The molecule has 6 nitrogen and oxygen atoms in total. The molecule has 0 aliphatic heterocycles. The second-order valence-electron chi connectivity index (χ2n) is 11.7. The maximum absolute atomic E-state index is 9.56. The van der Waals surface area contributed by atoms with Crippen molar-refractivity contribution < 1.29 is 14.2 Å². The van der Waals surface area contributed by atoms with Crippen LogP contribution in [0.25, 0.3) is 10.4 Å². The average molecular weight is 612 g/mol. The Morgan fingerprint density at radius 2 is 1.16 bits per heavy atom. The van der Waals surface area contributed by atoms with E-state index in [2.05, 4.69) is 41.2 Å². The molecule has 0 saturated carbocycles. The molecule has 0 fully saturated rings. The first kappa shape index (κ1) is 36.1. The molecule has 0 unspecified atom stereocenters. The van der Waals surface area contributed by atoms with Gasteiger partial charge in [-0.05, 0) is 41.5 Å². The van der Waals surface area contributed by atoms with Crippen LogP contribution >= 0.6 is 0 Å². The minimum absolute atomic E-state index is 0.228. The number of benzene rings is 3. The summed E-state index contributed by atoms with van der Waals surface area (Å²) in [6.07, 6.45) is 17.3. The highest BCUT2D eigenvalue weighted by Crippen LogP contribution is 2.21. The first-order valence-electron chi connectivity index (χ1n) is 16.9. The molecule has 6 heteroatoms. The molecule has 0 saturated heterocycles. The lowest BCUT2D eigenvalue weighted by Gasteiger charge is -2.31. The molecule has 0 N–H and O–H groups in total. The number of nitrogens with zero attached hydrogens (tertiary/aromatic N) is 3. The van der Waals surface area contributed by atoms with E-state index in [4.69, 9.17) is 14.2 Å². The van der Waals surface area contributed by atoms with Crippen LogP contribution in [-0.4, -0.2) is 24.9 Å². The summed E-state index contributed by atoms with van der Waals surface area (Å²) in [4.78, 5) is 3.20. The molecular formula is C39H53N3O3. The van der Waals surface area contributed by atoms with Crippen molar-refractivity contribution in [3.63, 3.8) is 0 Å².